The van der Waals surface area contributed by atoms with Crippen LogP contribution in [-0.2, 0) is 16.6 Å². The second-order valence-electron chi connectivity index (χ2n) is 6.33. The highest BCUT2D eigenvalue weighted by Crippen LogP contribution is 2.40. The lowest BCUT2D eigenvalue weighted by molar-refractivity contribution is -0.119. The van der Waals surface area contributed by atoms with E-state index in [1.165, 1.54) is 0 Å². The van der Waals surface area contributed by atoms with Crippen LogP contribution in [0.25, 0.3) is 22.4 Å². The SMILES string of the molecule is COCCN1C(=O)C(C)c2cc3c(cc21)nc(-c1ccncc1)n3C. The van der Waals surface area contributed by atoms with Crippen molar-refractivity contribution in [1.82, 2.24) is 14.5 Å². The molecule has 1 aliphatic rings. The number of hydrogen-bond donors (Lipinski definition) is 0. The van der Waals surface area contributed by atoms with Gasteiger partial charge in [-0.15, -0.1) is 0 Å². The van der Waals surface area contributed by atoms with Gasteiger partial charge in [0.2, 0.25) is 5.91 Å². The van der Waals surface area contributed by atoms with E-state index in [9.17, 15) is 4.79 Å². The average molecular weight is 336 g/mol. The smallest absolute Gasteiger partial charge is 0.234 e. The predicted molar refractivity (Wildman–Crippen MR) is 96.6 cm³/mol. The summed E-state index contributed by atoms with van der Waals surface area (Å²) in [7, 11) is 3.65. The minimum Gasteiger partial charge on any atom is -0.383 e. The van der Waals surface area contributed by atoms with Crippen LogP contribution >= 0.6 is 0 Å². The number of carbonyl (C=O) groups excluding carboxylic acids is 1. The number of carbonyl (C=O) groups is 1. The van der Waals surface area contributed by atoms with Gasteiger partial charge in [0, 0.05) is 38.7 Å². The van der Waals surface area contributed by atoms with Crippen LogP contribution in [0.15, 0.2) is 36.7 Å². The Morgan fingerprint density at radius 3 is 2.72 bits per heavy atom. The summed E-state index contributed by atoms with van der Waals surface area (Å²) in [6.07, 6.45) is 3.53. The first kappa shape index (κ1) is 15.8. The standard InChI is InChI=1S/C19H20N4O2/c1-12-14-10-17-15(11-16(14)23(19(12)24)8-9-25-3)21-18(22(17)2)13-4-6-20-7-5-13/h4-7,10-12H,8-9H2,1-3H3. The Morgan fingerprint density at radius 2 is 2.00 bits per heavy atom. The molecule has 3 aromatic rings. The highest BCUT2D eigenvalue weighted by molar-refractivity contribution is 6.07. The summed E-state index contributed by atoms with van der Waals surface area (Å²) in [5.41, 5.74) is 4.93. The third-order valence-electron chi connectivity index (χ3n) is 4.88. The molecule has 128 valence electrons. The van der Waals surface area contributed by atoms with Gasteiger partial charge in [-0.3, -0.25) is 9.78 Å². The Balaban J connectivity index is 1.86. The van der Waals surface area contributed by atoms with Crippen molar-refractivity contribution in [2.75, 3.05) is 25.2 Å². The van der Waals surface area contributed by atoms with Crippen molar-refractivity contribution in [1.29, 1.82) is 0 Å². The maximum atomic E-state index is 12.6. The van der Waals surface area contributed by atoms with Gasteiger partial charge >= 0.3 is 0 Å². The Bertz CT molecular complexity index is 949. The van der Waals surface area contributed by atoms with Gasteiger partial charge in [0.1, 0.15) is 5.82 Å². The number of aryl methyl sites for hydroxylation is 1. The first-order chi connectivity index (χ1) is 12.1. The van der Waals surface area contributed by atoms with Crippen molar-refractivity contribution in [3.63, 3.8) is 0 Å². The van der Waals surface area contributed by atoms with Crippen molar-refractivity contribution in [2.24, 2.45) is 7.05 Å². The first-order valence-electron chi connectivity index (χ1n) is 8.33. The molecule has 25 heavy (non-hydrogen) atoms. The largest absolute Gasteiger partial charge is 0.383 e. The molecule has 6 nitrogen and oxygen atoms in total. The molecule has 0 N–H and O–H groups in total. The van der Waals surface area contributed by atoms with Crippen molar-refractivity contribution < 1.29 is 9.53 Å². The predicted octanol–water partition coefficient (Wildman–Crippen LogP) is 2.73. The van der Waals surface area contributed by atoms with Crippen molar-refractivity contribution >= 4 is 22.6 Å². The van der Waals surface area contributed by atoms with Crippen LogP contribution in [0.3, 0.4) is 0 Å². The quantitative estimate of drug-likeness (QED) is 0.735. The number of imidazole rings is 1. The zero-order chi connectivity index (χ0) is 17.6. The van der Waals surface area contributed by atoms with E-state index in [4.69, 9.17) is 9.72 Å². The Kier molecular flexibility index (Phi) is 3.77. The summed E-state index contributed by atoms with van der Waals surface area (Å²) in [5, 5.41) is 0. The van der Waals surface area contributed by atoms with Gasteiger partial charge in [-0.1, -0.05) is 0 Å². The fourth-order valence-electron chi connectivity index (χ4n) is 3.48. The van der Waals surface area contributed by atoms with Gasteiger partial charge in [-0.25, -0.2) is 4.98 Å². The fourth-order valence-corrected chi connectivity index (χ4v) is 3.48. The molecule has 2 aromatic heterocycles. The molecule has 0 saturated heterocycles. The van der Waals surface area contributed by atoms with Crippen LogP contribution in [0, 0.1) is 0 Å². The van der Waals surface area contributed by atoms with E-state index < -0.39 is 0 Å². The van der Waals surface area contributed by atoms with Crippen LogP contribution in [0.5, 0.6) is 0 Å². The molecular weight excluding hydrogens is 316 g/mol. The lowest BCUT2D eigenvalue weighted by atomic mass is 10.0. The molecule has 1 amide bonds. The van der Waals surface area contributed by atoms with Crippen LogP contribution in [0.2, 0.25) is 0 Å². The minimum absolute atomic E-state index is 0.122. The number of ether oxygens (including phenoxy) is 1. The van der Waals surface area contributed by atoms with Gasteiger partial charge in [0.25, 0.3) is 0 Å². The summed E-state index contributed by atoms with van der Waals surface area (Å²) in [5.74, 6) is 0.871. The molecule has 3 heterocycles. The highest BCUT2D eigenvalue weighted by atomic mass is 16.5. The topological polar surface area (TPSA) is 60.2 Å². The first-order valence-corrected chi connectivity index (χ1v) is 8.33. The molecule has 0 fully saturated rings. The van der Waals surface area contributed by atoms with Gasteiger partial charge in [-0.2, -0.15) is 0 Å². The number of fused-ring (bicyclic) bond motifs is 2. The number of hydrogen-bond acceptors (Lipinski definition) is 4. The van der Waals surface area contributed by atoms with Gasteiger partial charge in [0.05, 0.1) is 29.2 Å². The minimum atomic E-state index is -0.143. The summed E-state index contributed by atoms with van der Waals surface area (Å²) < 4.78 is 7.22. The third kappa shape index (κ3) is 2.41. The van der Waals surface area contributed by atoms with E-state index in [0.29, 0.717) is 13.2 Å². The van der Waals surface area contributed by atoms with E-state index in [2.05, 4.69) is 15.6 Å². The number of amides is 1. The van der Waals surface area contributed by atoms with Crippen molar-refractivity contribution in [3.8, 4) is 11.4 Å². The second kappa shape index (κ2) is 5.97. The van der Waals surface area contributed by atoms with E-state index in [0.717, 1.165) is 33.7 Å². The maximum absolute atomic E-state index is 12.6. The number of pyridine rings is 1. The van der Waals surface area contributed by atoms with Crippen LogP contribution in [0.4, 0.5) is 5.69 Å². The number of benzene rings is 1. The van der Waals surface area contributed by atoms with Crippen molar-refractivity contribution in [3.05, 3.63) is 42.2 Å². The molecule has 0 spiro atoms. The summed E-state index contributed by atoms with van der Waals surface area (Å²) in [4.78, 5) is 23.2. The zero-order valence-electron chi connectivity index (χ0n) is 14.6. The molecule has 1 aromatic carbocycles. The second-order valence-corrected chi connectivity index (χ2v) is 6.33. The lowest BCUT2D eigenvalue weighted by Gasteiger charge is -2.17. The van der Waals surface area contributed by atoms with Crippen LogP contribution in [0.1, 0.15) is 18.4 Å². The number of methoxy groups -OCH3 is 1. The number of rotatable bonds is 4. The fraction of sp³-hybridized carbons (Fsp3) is 0.316. The molecule has 1 unspecified atom stereocenters. The Hall–Kier alpha value is -2.73. The maximum Gasteiger partial charge on any atom is 0.234 e. The Labute approximate surface area is 146 Å². The molecule has 1 atom stereocenters. The van der Waals surface area contributed by atoms with Gasteiger partial charge < -0.3 is 14.2 Å². The number of nitrogens with zero attached hydrogens (tertiary/aromatic N) is 4. The third-order valence-corrected chi connectivity index (χ3v) is 4.88. The van der Waals surface area contributed by atoms with E-state index >= 15 is 0 Å². The van der Waals surface area contributed by atoms with E-state index in [1.807, 2.05) is 37.1 Å². The normalized spacial score (nSPS) is 16.7. The van der Waals surface area contributed by atoms with E-state index in [-0.39, 0.29) is 11.8 Å². The molecule has 0 saturated carbocycles. The molecular formula is C19H20N4O2. The molecule has 0 bridgehead atoms. The summed E-state index contributed by atoms with van der Waals surface area (Å²) >= 11 is 0. The van der Waals surface area contributed by atoms with E-state index in [1.54, 1.807) is 19.5 Å². The summed E-state index contributed by atoms with van der Waals surface area (Å²) in [6, 6.07) is 8.02. The van der Waals surface area contributed by atoms with Gasteiger partial charge in [0.15, 0.2) is 0 Å². The molecule has 4 rings (SSSR count). The molecule has 6 heteroatoms. The lowest BCUT2D eigenvalue weighted by Crippen LogP contribution is -2.31. The molecule has 0 aliphatic carbocycles. The van der Waals surface area contributed by atoms with Crippen molar-refractivity contribution in [2.45, 2.75) is 12.8 Å². The molecule has 1 aliphatic heterocycles. The van der Waals surface area contributed by atoms with Crippen LogP contribution in [-0.4, -0.2) is 40.7 Å². The Morgan fingerprint density at radius 1 is 1.24 bits per heavy atom. The zero-order valence-corrected chi connectivity index (χ0v) is 14.6. The molecule has 0 radical (unpaired) electrons. The monoisotopic (exact) mass is 336 g/mol. The number of aromatic nitrogens is 3. The van der Waals surface area contributed by atoms with Gasteiger partial charge in [-0.05, 0) is 36.8 Å². The number of anilines is 1. The summed E-state index contributed by atoms with van der Waals surface area (Å²) in [6.45, 7) is 3.03. The van der Waals surface area contributed by atoms with Crippen LogP contribution < -0.4 is 4.90 Å². The highest BCUT2D eigenvalue weighted by Gasteiger charge is 2.34. The average Bonchev–Trinajstić information content (AvgIpc) is 3.08.